The third kappa shape index (κ3) is 14.8. The lowest BCUT2D eigenvalue weighted by Crippen LogP contribution is -2.54. The first kappa shape index (κ1) is 32.7. The van der Waals surface area contributed by atoms with Gasteiger partial charge in [-0.15, -0.1) is 0 Å². The molecule has 0 fully saturated rings. The van der Waals surface area contributed by atoms with E-state index in [4.69, 9.17) is 4.52 Å². The van der Waals surface area contributed by atoms with E-state index in [0.717, 1.165) is 25.3 Å². The Bertz CT molecular complexity index is 736. The molecule has 0 saturated heterocycles. The van der Waals surface area contributed by atoms with Crippen molar-refractivity contribution in [2.75, 3.05) is 27.7 Å². The second-order valence-electron chi connectivity index (χ2n) is 10.3. The summed E-state index contributed by atoms with van der Waals surface area (Å²) in [7, 11) is 0.0518. The van der Waals surface area contributed by atoms with Gasteiger partial charge in [0, 0.05) is 5.57 Å². The van der Waals surface area contributed by atoms with Crippen LogP contribution in [0.4, 0.5) is 0 Å². The summed E-state index contributed by atoms with van der Waals surface area (Å²) in [6.07, 6.45) is 13.6. The van der Waals surface area contributed by atoms with E-state index in [1.807, 2.05) is 0 Å². The average Bonchev–Trinajstić information content (AvgIpc) is 2.67. The minimum absolute atomic E-state index is 0.0255. The summed E-state index contributed by atoms with van der Waals surface area (Å²) >= 11 is 0. The number of Topliss-reactive ketones (excluding diaryl/α,β-unsaturated/α-hetero) is 1. The summed E-state index contributed by atoms with van der Waals surface area (Å²) in [4.78, 5) is 44.0. The molecule has 9 heteroatoms. The van der Waals surface area contributed by atoms with E-state index in [9.17, 15) is 29.0 Å². The molecule has 8 nitrogen and oxygen atoms in total. The van der Waals surface area contributed by atoms with E-state index in [1.165, 1.54) is 51.9 Å². The number of likely N-dealkylation sites (N-methyl/N-ethyl adjacent to an activating group) is 1. The first-order valence-electron chi connectivity index (χ1n) is 12.4. The van der Waals surface area contributed by atoms with Gasteiger partial charge in [0.1, 0.15) is 6.54 Å². The highest BCUT2D eigenvalue weighted by Gasteiger charge is 2.48. The van der Waals surface area contributed by atoms with Crippen LogP contribution in [0.15, 0.2) is 23.8 Å². The second kappa shape index (κ2) is 15.6. The highest BCUT2D eigenvalue weighted by molar-refractivity contribution is 7.46. The standard InChI is InChI=1S/C25H46NO7P/c1-7-8-9-10-11-12-13-14-15-16-17-18-22(24(28)29)19-25(20-26(4,5)6,23(27)21(2)3)33-34(30,31)32/h19H,2,7-18,20H2,1,3-6H3,(H2-,28,29,30,31,32)/p+1. The smallest absolute Gasteiger partial charge is 0.471 e. The Morgan fingerprint density at radius 3 is 1.74 bits per heavy atom. The first-order valence-corrected chi connectivity index (χ1v) is 13.9. The highest BCUT2D eigenvalue weighted by Crippen LogP contribution is 2.44. The molecule has 0 aromatic rings. The number of phosphoric acid groups is 1. The molecule has 1 unspecified atom stereocenters. The predicted octanol–water partition coefficient (Wildman–Crippen LogP) is 5.40. The quantitative estimate of drug-likeness (QED) is 0.0878. The van der Waals surface area contributed by atoms with Crippen molar-refractivity contribution in [1.29, 1.82) is 0 Å². The molecule has 0 aliphatic rings. The van der Waals surface area contributed by atoms with Gasteiger partial charge in [-0.05, 0) is 31.4 Å². The summed E-state index contributed by atoms with van der Waals surface area (Å²) in [5.74, 6) is -1.98. The van der Waals surface area contributed by atoms with Crippen LogP contribution in [-0.4, -0.2) is 64.4 Å². The number of carboxylic acids is 1. The van der Waals surface area contributed by atoms with E-state index >= 15 is 0 Å². The van der Waals surface area contributed by atoms with E-state index in [1.54, 1.807) is 21.1 Å². The molecule has 198 valence electrons. The zero-order chi connectivity index (χ0) is 26.4. The van der Waals surface area contributed by atoms with Crippen LogP contribution in [0.2, 0.25) is 0 Å². The summed E-state index contributed by atoms with van der Waals surface area (Å²) in [5, 5.41) is 9.76. The molecule has 0 spiro atoms. The topological polar surface area (TPSA) is 121 Å². The Balaban J connectivity index is 5.29. The normalized spacial score (nSPS) is 14.6. The molecule has 0 amide bonds. The number of rotatable bonds is 20. The molecule has 0 radical (unpaired) electrons. The average molecular weight is 505 g/mol. The summed E-state index contributed by atoms with van der Waals surface area (Å²) in [6, 6.07) is 0. The molecule has 3 N–H and O–H groups in total. The predicted molar refractivity (Wildman–Crippen MR) is 135 cm³/mol. The number of nitrogens with zero attached hydrogens (tertiary/aromatic N) is 1. The number of hydrogen-bond donors (Lipinski definition) is 3. The van der Waals surface area contributed by atoms with Crippen molar-refractivity contribution in [2.24, 2.45) is 0 Å². The molecule has 1 atom stereocenters. The summed E-state index contributed by atoms with van der Waals surface area (Å²) in [6.45, 7) is 7.05. The Labute approximate surface area is 205 Å². The Kier molecular flexibility index (Phi) is 15.0. The number of unbranched alkanes of at least 4 members (excludes halogenated alkanes) is 10. The van der Waals surface area contributed by atoms with Crippen molar-refractivity contribution in [3.63, 3.8) is 0 Å². The number of carbonyl (C=O) groups is 2. The van der Waals surface area contributed by atoms with Crippen molar-refractivity contribution < 1.29 is 38.1 Å². The largest absolute Gasteiger partial charge is 0.478 e. The number of ketones is 1. The molecule has 0 aliphatic carbocycles. The van der Waals surface area contributed by atoms with Gasteiger partial charge in [0.15, 0.2) is 5.78 Å². The molecule has 0 saturated carbocycles. The van der Waals surface area contributed by atoms with Crippen LogP contribution in [0.5, 0.6) is 0 Å². The van der Waals surface area contributed by atoms with Crippen molar-refractivity contribution in [3.05, 3.63) is 23.8 Å². The number of carboxylic acid groups (broad SMARTS) is 1. The van der Waals surface area contributed by atoms with Gasteiger partial charge in [-0.25, -0.2) is 9.36 Å². The number of carbonyl (C=O) groups excluding carboxylic acids is 1. The number of phosphoric ester groups is 1. The summed E-state index contributed by atoms with van der Waals surface area (Å²) in [5.41, 5.74) is -2.20. The van der Waals surface area contributed by atoms with Gasteiger partial charge >= 0.3 is 13.8 Å². The molecule has 34 heavy (non-hydrogen) atoms. The molecule has 0 rings (SSSR count). The van der Waals surface area contributed by atoms with Gasteiger partial charge in [0.2, 0.25) is 5.60 Å². The van der Waals surface area contributed by atoms with Crippen LogP contribution in [0.1, 0.15) is 90.9 Å². The highest BCUT2D eigenvalue weighted by atomic mass is 31.2. The van der Waals surface area contributed by atoms with Gasteiger partial charge in [-0.1, -0.05) is 77.7 Å². The van der Waals surface area contributed by atoms with Crippen LogP contribution in [-0.2, 0) is 18.7 Å². The number of hydrogen-bond acceptors (Lipinski definition) is 4. The van der Waals surface area contributed by atoms with E-state index in [2.05, 4.69) is 13.5 Å². The fraction of sp³-hybridized carbons (Fsp3) is 0.760. The molecular weight excluding hydrogens is 457 g/mol. The van der Waals surface area contributed by atoms with Crippen molar-refractivity contribution in [2.45, 2.75) is 96.5 Å². The minimum atomic E-state index is -5.12. The Morgan fingerprint density at radius 2 is 1.38 bits per heavy atom. The SMILES string of the molecule is C=C(C)C(=O)C(C=C(CCCCCCCCCCCCC)C(=O)O)(C[N+](C)(C)C)OP(=O)(O)O. The Morgan fingerprint density at radius 1 is 0.941 bits per heavy atom. The van der Waals surface area contributed by atoms with Gasteiger partial charge in [-0.2, -0.15) is 0 Å². The third-order valence-corrected chi connectivity index (χ3v) is 6.06. The fourth-order valence-corrected chi connectivity index (χ4v) is 4.68. The monoisotopic (exact) mass is 504 g/mol. The van der Waals surface area contributed by atoms with Crippen molar-refractivity contribution >= 4 is 19.6 Å². The lowest BCUT2D eigenvalue weighted by Gasteiger charge is -2.36. The van der Waals surface area contributed by atoms with Crippen LogP contribution in [0.25, 0.3) is 0 Å². The van der Waals surface area contributed by atoms with E-state index in [-0.39, 0.29) is 28.6 Å². The molecule has 0 aliphatic heterocycles. The first-order chi connectivity index (χ1) is 15.6. The molecule has 0 aromatic carbocycles. The molecule has 0 bridgehead atoms. The lowest BCUT2D eigenvalue weighted by atomic mass is 9.89. The van der Waals surface area contributed by atoms with Crippen LogP contribution >= 0.6 is 7.82 Å². The molecule has 0 heterocycles. The van der Waals surface area contributed by atoms with E-state index in [0.29, 0.717) is 6.42 Å². The summed E-state index contributed by atoms with van der Waals surface area (Å²) < 4.78 is 16.9. The van der Waals surface area contributed by atoms with Crippen LogP contribution in [0, 0.1) is 0 Å². The van der Waals surface area contributed by atoms with Gasteiger partial charge in [0.05, 0.1) is 21.1 Å². The van der Waals surface area contributed by atoms with Crippen molar-refractivity contribution in [3.8, 4) is 0 Å². The number of aliphatic carboxylic acids is 1. The fourth-order valence-electron chi connectivity index (χ4n) is 4.06. The molecular formula is C25H47NO7P+. The Hall–Kier alpha value is -1.31. The second-order valence-corrected chi connectivity index (χ2v) is 11.5. The van der Waals surface area contributed by atoms with Gasteiger partial charge in [-0.3, -0.25) is 9.32 Å². The van der Waals surface area contributed by atoms with Gasteiger partial charge < -0.3 is 19.4 Å². The van der Waals surface area contributed by atoms with Crippen LogP contribution in [0.3, 0.4) is 0 Å². The zero-order valence-electron chi connectivity index (χ0n) is 21.8. The third-order valence-electron chi connectivity index (χ3n) is 5.49. The van der Waals surface area contributed by atoms with Gasteiger partial charge in [0.25, 0.3) is 0 Å². The molecule has 0 aromatic heterocycles. The maximum atomic E-state index is 13.0. The maximum Gasteiger partial charge on any atom is 0.471 e. The zero-order valence-corrected chi connectivity index (χ0v) is 22.7. The van der Waals surface area contributed by atoms with E-state index < -0.39 is 25.2 Å². The maximum absolute atomic E-state index is 13.0. The minimum Gasteiger partial charge on any atom is -0.478 e. The van der Waals surface area contributed by atoms with Crippen molar-refractivity contribution in [1.82, 2.24) is 0 Å². The number of quaternary nitrogens is 1. The lowest BCUT2D eigenvalue weighted by molar-refractivity contribution is -0.874. The van der Waals surface area contributed by atoms with Crippen LogP contribution < -0.4 is 0 Å².